The Bertz CT molecular complexity index is 1740. The molecule has 1 aliphatic carbocycles. The second kappa shape index (κ2) is 11.5. The van der Waals surface area contributed by atoms with Crippen LogP contribution in [0.2, 0.25) is 0 Å². The van der Waals surface area contributed by atoms with Gasteiger partial charge in [0.25, 0.3) is 0 Å². The fraction of sp³-hybridized carbons (Fsp3) is 0.531. The molecular formula is C32H35F5N6OS. The molecule has 3 aliphatic rings. The van der Waals surface area contributed by atoms with Gasteiger partial charge in [-0.15, -0.1) is 0 Å². The van der Waals surface area contributed by atoms with Crippen molar-refractivity contribution in [1.82, 2.24) is 19.9 Å². The maximum absolute atomic E-state index is 16.8. The number of aromatic nitrogens is 3. The summed E-state index contributed by atoms with van der Waals surface area (Å²) in [5.41, 5.74) is 3.07. The van der Waals surface area contributed by atoms with Crippen LogP contribution in [-0.4, -0.2) is 58.2 Å². The Kier molecular flexibility index (Phi) is 7.74. The van der Waals surface area contributed by atoms with Gasteiger partial charge >= 0.3 is 12.2 Å². The maximum Gasteiger partial charge on any atom is 0.417 e. The van der Waals surface area contributed by atoms with E-state index < -0.39 is 28.9 Å². The van der Waals surface area contributed by atoms with Crippen LogP contribution >= 0.6 is 11.3 Å². The summed E-state index contributed by atoms with van der Waals surface area (Å²) in [5, 5.41) is -0.0935. The number of alkyl halides is 3. The highest BCUT2D eigenvalue weighted by atomic mass is 32.1. The van der Waals surface area contributed by atoms with Crippen molar-refractivity contribution in [3.8, 4) is 17.1 Å². The van der Waals surface area contributed by atoms with Crippen LogP contribution in [0.5, 0.6) is 6.01 Å². The minimum Gasteiger partial charge on any atom is -0.461 e. The Hall–Kier alpha value is -3.32. The summed E-state index contributed by atoms with van der Waals surface area (Å²) >= 11 is 0.794. The Morgan fingerprint density at radius 3 is 2.40 bits per heavy atom. The van der Waals surface area contributed by atoms with E-state index in [4.69, 9.17) is 10.5 Å². The van der Waals surface area contributed by atoms with E-state index in [1.807, 2.05) is 4.90 Å². The third-order valence-electron chi connectivity index (χ3n) is 9.96. The van der Waals surface area contributed by atoms with E-state index in [2.05, 4.69) is 19.9 Å². The molecule has 2 saturated heterocycles. The first kappa shape index (κ1) is 30.3. The number of hydrogen-bond donors (Lipinski definition) is 1. The summed E-state index contributed by atoms with van der Waals surface area (Å²) in [6.45, 7) is 2.29. The molecule has 45 heavy (non-hydrogen) atoms. The van der Waals surface area contributed by atoms with Crippen LogP contribution in [0.1, 0.15) is 69.8 Å². The lowest BCUT2D eigenvalue weighted by Gasteiger charge is -2.32. The zero-order chi connectivity index (χ0) is 31.5. The zero-order valence-corrected chi connectivity index (χ0v) is 25.8. The van der Waals surface area contributed by atoms with Crippen LogP contribution in [-0.2, 0) is 6.18 Å². The number of nitrogens with two attached hydrogens (primary N) is 1. The van der Waals surface area contributed by atoms with Crippen LogP contribution in [0.25, 0.3) is 32.2 Å². The van der Waals surface area contributed by atoms with E-state index in [1.54, 1.807) is 7.05 Å². The van der Waals surface area contributed by atoms with Crippen molar-refractivity contribution in [3.63, 3.8) is 0 Å². The van der Waals surface area contributed by atoms with Gasteiger partial charge in [0.15, 0.2) is 10.9 Å². The third-order valence-corrected chi connectivity index (χ3v) is 10.9. The van der Waals surface area contributed by atoms with Crippen molar-refractivity contribution < 1.29 is 26.7 Å². The van der Waals surface area contributed by atoms with Crippen molar-refractivity contribution in [3.05, 3.63) is 35.4 Å². The van der Waals surface area contributed by atoms with E-state index >= 15 is 4.39 Å². The monoisotopic (exact) mass is 646 g/mol. The topological polar surface area (TPSA) is 80.4 Å². The normalized spacial score (nSPS) is 19.3. The average Bonchev–Trinajstić information content (AvgIpc) is 3.63. The van der Waals surface area contributed by atoms with Gasteiger partial charge in [-0.1, -0.05) is 37.0 Å². The van der Waals surface area contributed by atoms with Gasteiger partial charge < -0.3 is 15.4 Å². The third kappa shape index (κ3) is 5.35. The molecule has 0 amide bonds. The molecule has 0 radical (unpaired) electrons. The van der Waals surface area contributed by atoms with Crippen molar-refractivity contribution >= 4 is 43.4 Å². The molecule has 7 nitrogen and oxygen atoms in total. The molecule has 3 fully saturated rings. The number of nitrogens with zero attached hydrogens (tertiary/aromatic N) is 5. The van der Waals surface area contributed by atoms with Crippen molar-refractivity contribution in [2.24, 2.45) is 0 Å². The van der Waals surface area contributed by atoms with Gasteiger partial charge in [-0.3, -0.25) is 4.90 Å². The highest BCUT2D eigenvalue weighted by Gasteiger charge is 2.45. The van der Waals surface area contributed by atoms with E-state index in [-0.39, 0.29) is 55.2 Å². The number of ether oxygens (including phenoxy) is 1. The molecule has 2 aromatic carbocycles. The lowest BCUT2D eigenvalue weighted by atomic mass is 9.95. The molecule has 2 aliphatic heterocycles. The van der Waals surface area contributed by atoms with Gasteiger partial charge in [0, 0.05) is 29.6 Å². The van der Waals surface area contributed by atoms with Gasteiger partial charge in [0.2, 0.25) is 0 Å². The van der Waals surface area contributed by atoms with E-state index in [0.29, 0.717) is 6.61 Å². The Morgan fingerprint density at radius 1 is 1.00 bits per heavy atom. The van der Waals surface area contributed by atoms with Crippen molar-refractivity contribution in [2.45, 2.75) is 82.0 Å². The molecule has 2 N–H and O–H groups in total. The molecule has 13 heteroatoms. The highest BCUT2D eigenvalue weighted by molar-refractivity contribution is 7.22. The van der Waals surface area contributed by atoms with Crippen LogP contribution in [0.4, 0.5) is 32.9 Å². The minimum absolute atomic E-state index is 0.0176. The summed E-state index contributed by atoms with van der Waals surface area (Å²) in [5.74, 6) is -1.69. The predicted molar refractivity (Wildman–Crippen MR) is 166 cm³/mol. The lowest BCUT2D eigenvalue weighted by Crippen LogP contribution is -2.43. The summed E-state index contributed by atoms with van der Waals surface area (Å²) in [4.78, 5) is 17.5. The standard InChI is InChI=1S/C32H35F5N6OS/c1-42(18-8-4-2-3-5-9-18)28-20-16-21(32(35,36)37)23(19-10-11-22(33)27-26(19)39-29(38)45-27)24(34)25(20)40-30(41-28)44-17-31-12-6-14-43(31)15-7-13-31/h10-11,16,18H,2-9,12-15,17H2,1H3,(H2,38,39). The number of nitrogen functional groups attached to an aromatic ring is 1. The van der Waals surface area contributed by atoms with Crippen LogP contribution in [0.15, 0.2) is 18.2 Å². The van der Waals surface area contributed by atoms with Gasteiger partial charge in [-0.25, -0.2) is 13.8 Å². The molecule has 1 saturated carbocycles. The molecule has 7 rings (SSSR count). The Labute approximate surface area is 261 Å². The van der Waals surface area contributed by atoms with Crippen LogP contribution in [0.3, 0.4) is 0 Å². The smallest absolute Gasteiger partial charge is 0.417 e. The molecule has 0 unspecified atom stereocenters. The summed E-state index contributed by atoms with van der Waals surface area (Å²) in [7, 11) is 1.80. The largest absolute Gasteiger partial charge is 0.461 e. The summed E-state index contributed by atoms with van der Waals surface area (Å²) in [6.07, 6.45) is 4.97. The second-order valence-corrected chi connectivity index (χ2v) is 13.7. The fourth-order valence-electron chi connectivity index (χ4n) is 7.68. The van der Waals surface area contributed by atoms with Crippen LogP contribution < -0.4 is 15.4 Å². The first-order valence-corrected chi connectivity index (χ1v) is 16.4. The predicted octanol–water partition coefficient (Wildman–Crippen LogP) is 7.95. The highest BCUT2D eigenvalue weighted by Crippen LogP contribution is 2.46. The van der Waals surface area contributed by atoms with E-state index in [0.717, 1.165) is 107 Å². The van der Waals surface area contributed by atoms with E-state index in [9.17, 15) is 17.6 Å². The molecule has 2 aromatic heterocycles. The fourth-order valence-corrected chi connectivity index (χ4v) is 8.45. The first-order chi connectivity index (χ1) is 21.6. The molecule has 0 atom stereocenters. The number of hydrogen-bond acceptors (Lipinski definition) is 8. The molecular weight excluding hydrogens is 611 g/mol. The SMILES string of the molecule is CN(c1nc(OCC23CCCN2CCC3)nc2c(F)c(-c3ccc(F)c4sc(N)nc34)c(C(F)(F)F)cc12)C1CCCCCC1. The number of thiazole rings is 1. The van der Waals surface area contributed by atoms with Crippen LogP contribution in [0, 0.1) is 11.6 Å². The Morgan fingerprint density at radius 2 is 1.71 bits per heavy atom. The van der Waals surface area contributed by atoms with Gasteiger partial charge in [-0.05, 0) is 69.8 Å². The first-order valence-electron chi connectivity index (χ1n) is 15.6. The van der Waals surface area contributed by atoms with Gasteiger partial charge in [-0.2, -0.15) is 23.1 Å². The quantitative estimate of drug-likeness (QED) is 0.168. The van der Waals surface area contributed by atoms with E-state index in [1.165, 1.54) is 0 Å². The molecule has 240 valence electrons. The van der Waals surface area contributed by atoms with Gasteiger partial charge in [0.1, 0.15) is 23.8 Å². The number of fused-ring (bicyclic) bond motifs is 3. The van der Waals surface area contributed by atoms with Crippen molar-refractivity contribution in [1.29, 1.82) is 0 Å². The number of halogens is 5. The summed E-state index contributed by atoms with van der Waals surface area (Å²) in [6, 6.07) is 2.98. The minimum atomic E-state index is -4.95. The molecule has 4 heterocycles. The molecule has 0 bridgehead atoms. The molecule has 0 spiro atoms. The number of rotatable bonds is 6. The summed E-state index contributed by atoms with van der Waals surface area (Å²) < 4.78 is 82.1. The average molecular weight is 647 g/mol. The molecule has 4 aromatic rings. The number of anilines is 2. The maximum atomic E-state index is 16.8. The lowest BCUT2D eigenvalue weighted by molar-refractivity contribution is -0.137. The zero-order valence-electron chi connectivity index (χ0n) is 25.0. The van der Waals surface area contributed by atoms with Gasteiger partial charge in [0.05, 0.1) is 21.3 Å². The second-order valence-electron chi connectivity index (χ2n) is 12.6. The van der Waals surface area contributed by atoms with Crippen molar-refractivity contribution in [2.75, 3.05) is 37.4 Å². The Balaban J connectivity index is 1.43. The number of benzene rings is 2.